The molecule has 29 heavy (non-hydrogen) atoms. The van der Waals surface area contributed by atoms with Crippen LogP contribution in [0, 0.1) is 6.92 Å². The Labute approximate surface area is 173 Å². The number of nitrogens with zero attached hydrogens (tertiary/aromatic N) is 3. The maximum atomic E-state index is 9.47. The van der Waals surface area contributed by atoms with Crippen LogP contribution >= 0.6 is 0 Å². The minimum absolute atomic E-state index is 0.00172. The largest absolute Gasteiger partial charge is 0.392 e. The molecule has 5 heteroatoms. The van der Waals surface area contributed by atoms with Gasteiger partial charge in [0, 0.05) is 30.3 Å². The van der Waals surface area contributed by atoms with Crippen LogP contribution in [0.1, 0.15) is 25.0 Å². The molecular formula is C24H29N3O2. The lowest BCUT2D eigenvalue weighted by Gasteiger charge is -2.28. The summed E-state index contributed by atoms with van der Waals surface area (Å²) in [4.78, 5) is 11.9. The number of aliphatic hydroxyl groups is 1. The van der Waals surface area contributed by atoms with Crippen LogP contribution in [0.2, 0.25) is 0 Å². The van der Waals surface area contributed by atoms with Crippen LogP contribution < -0.4 is 4.90 Å². The van der Waals surface area contributed by atoms with Gasteiger partial charge >= 0.3 is 0 Å². The number of aliphatic hydroxyl groups excluding tert-OH is 1. The summed E-state index contributed by atoms with van der Waals surface area (Å²) in [6.45, 7) is 9.14. The van der Waals surface area contributed by atoms with E-state index in [1.54, 1.807) is 0 Å². The summed E-state index contributed by atoms with van der Waals surface area (Å²) in [6, 6.07) is 18.2. The summed E-state index contributed by atoms with van der Waals surface area (Å²) < 4.78 is 5.48. The molecular weight excluding hydrogens is 362 g/mol. The monoisotopic (exact) mass is 391 g/mol. The maximum Gasteiger partial charge on any atom is 0.162 e. The molecule has 3 aromatic rings. The third-order valence-electron chi connectivity index (χ3n) is 4.73. The van der Waals surface area contributed by atoms with E-state index in [0.29, 0.717) is 19.0 Å². The fourth-order valence-electron chi connectivity index (χ4n) is 3.28. The first-order valence-corrected chi connectivity index (χ1v) is 10.2. The molecule has 0 radical (unpaired) electrons. The van der Waals surface area contributed by atoms with Gasteiger partial charge in [-0.05, 0) is 24.6 Å². The van der Waals surface area contributed by atoms with Gasteiger partial charge in [0.1, 0.15) is 5.82 Å². The van der Waals surface area contributed by atoms with Gasteiger partial charge < -0.3 is 14.7 Å². The van der Waals surface area contributed by atoms with E-state index in [9.17, 15) is 5.11 Å². The highest BCUT2D eigenvalue weighted by atomic mass is 16.5. The third kappa shape index (κ3) is 5.19. The van der Waals surface area contributed by atoms with Gasteiger partial charge in [-0.25, -0.2) is 9.97 Å². The Morgan fingerprint density at radius 2 is 1.66 bits per heavy atom. The van der Waals surface area contributed by atoms with Crippen LogP contribution in [0.25, 0.3) is 22.6 Å². The van der Waals surface area contributed by atoms with Gasteiger partial charge in [-0.1, -0.05) is 55.8 Å². The van der Waals surface area contributed by atoms with Crippen molar-refractivity contribution in [2.75, 3.05) is 31.2 Å². The average Bonchev–Trinajstić information content (AvgIpc) is 2.81. The molecule has 2 heterocycles. The number of aromatic nitrogens is 2. The summed E-state index contributed by atoms with van der Waals surface area (Å²) >= 11 is 0. The van der Waals surface area contributed by atoms with Crippen LogP contribution in [0.3, 0.4) is 0 Å². The lowest BCUT2D eigenvalue weighted by Crippen LogP contribution is -2.36. The number of morpholine rings is 1. The van der Waals surface area contributed by atoms with Crippen molar-refractivity contribution in [2.24, 2.45) is 0 Å². The van der Waals surface area contributed by atoms with Gasteiger partial charge in [0.05, 0.1) is 25.5 Å². The summed E-state index contributed by atoms with van der Waals surface area (Å²) in [5, 5.41) is 9.47. The van der Waals surface area contributed by atoms with Crippen LogP contribution in [-0.2, 0) is 11.3 Å². The molecule has 1 aliphatic heterocycles. The number of hydrogen-bond acceptors (Lipinski definition) is 5. The fourth-order valence-corrected chi connectivity index (χ4v) is 3.28. The Balaban J connectivity index is 0.00000117. The molecule has 2 aromatic carbocycles. The van der Waals surface area contributed by atoms with Gasteiger partial charge in [0.25, 0.3) is 0 Å². The quantitative estimate of drug-likeness (QED) is 0.711. The minimum Gasteiger partial charge on any atom is -0.392 e. The van der Waals surface area contributed by atoms with Crippen LogP contribution in [-0.4, -0.2) is 41.4 Å². The zero-order valence-electron chi connectivity index (χ0n) is 17.4. The molecule has 1 saturated heterocycles. The molecule has 0 atom stereocenters. The van der Waals surface area contributed by atoms with E-state index in [1.165, 1.54) is 5.56 Å². The van der Waals surface area contributed by atoms with Crippen molar-refractivity contribution in [2.45, 2.75) is 27.4 Å². The minimum atomic E-state index is 0.00172. The molecule has 1 aliphatic rings. The summed E-state index contributed by atoms with van der Waals surface area (Å²) in [7, 11) is 0. The predicted molar refractivity (Wildman–Crippen MR) is 118 cm³/mol. The standard InChI is InChI=1S/C22H23N3O2.C2H6/c1-16-4-2-6-18(12-16)20-14-21(25-8-10-27-11-9-25)24-22(23-20)19-7-3-5-17(13-19)15-26;1-2/h2-7,12-14,26H,8-11,15H2,1H3;1-2H3. The summed E-state index contributed by atoms with van der Waals surface area (Å²) in [5.41, 5.74) is 4.93. The summed E-state index contributed by atoms with van der Waals surface area (Å²) in [6.07, 6.45) is 0. The molecule has 0 unspecified atom stereocenters. The van der Waals surface area contributed by atoms with E-state index in [2.05, 4.69) is 36.1 Å². The zero-order valence-corrected chi connectivity index (χ0v) is 17.4. The van der Waals surface area contributed by atoms with E-state index < -0.39 is 0 Å². The lowest BCUT2D eigenvalue weighted by molar-refractivity contribution is 0.122. The van der Waals surface area contributed by atoms with Crippen molar-refractivity contribution < 1.29 is 9.84 Å². The molecule has 152 valence electrons. The molecule has 5 nitrogen and oxygen atoms in total. The molecule has 0 aliphatic carbocycles. The molecule has 1 N–H and O–H groups in total. The molecule has 0 amide bonds. The normalized spacial score (nSPS) is 13.6. The Hall–Kier alpha value is -2.76. The Morgan fingerprint density at radius 1 is 0.931 bits per heavy atom. The van der Waals surface area contributed by atoms with Crippen LogP contribution in [0.5, 0.6) is 0 Å². The molecule has 0 spiro atoms. The maximum absolute atomic E-state index is 9.47. The van der Waals surface area contributed by atoms with Gasteiger partial charge in [-0.3, -0.25) is 0 Å². The van der Waals surface area contributed by atoms with Crippen LogP contribution in [0.15, 0.2) is 54.6 Å². The van der Waals surface area contributed by atoms with E-state index in [4.69, 9.17) is 14.7 Å². The van der Waals surface area contributed by atoms with Gasteiger partial charge in [-0.2, -0.15) is 0 Å². The number of anilines is 1. The topological polar surface area (TPSA) is 58.5 Å². The molecule has 1 fully saturated rings. The Bertz CT molecular complexity index is 937. The SMILES string of the molecule is CC.Cc1cccc(-c2cc(N3CCOCC3)nc(-c3cccc(CO)c3)n2)c1. The van der Waals surface area contributed by atoms with Crippen molar-refractivity contribution in [3.05, 3.63) is 65.7 Å². The molecule has 0 saturated carbocycles. The van der Waals surface area contributed by atoms with Gasteiger partial charge in [0.15, 0.2) is 5.82 Å². The smallest absolute Gasteiger partial charge is 0.162 e. The van der Waals surface area contributed by atoms with Crippen molar-refractivity contribution in [1.82, 2.24) is 9.97 Å². The zero-order chi connectivity index (χ0) is 20.6. The predicted octanol–water partition coefficient (Wildman–Crippen LogP) is 4.47. The first-order valence-electron chi connectivity index (χ1n) is 10.2. The second kappa shape index (κ2) is 10.1. The Kier molecular flexibility index (Phi) is 7.33. The average molecular weight is 392 g/mol. The highest BCUT2D eigenvalue weighted by molar-refractivity contribution is 5.68. The fraction of sp³-hybridized carbons (Fsp3) is 0.333. The third-order valence-corrected chi connectivity index (χ3v) is 4.73. The number of aryl methyl sites for hydroxylation is 1. The molecule has 0 bridgehead atoms. The van der Waals surface area contributed by atoms with Gasteiger partial charge in [0.2, 0.25) is 0 Å². The number of rotatable bonds is 4. The van der Waals surface area contributed by atoms with E-state index in [1.807, 2.05) is 44.2 Å². The van der Waals surface area contributed by atoms with Crippen molar-refractivity contribution in [1.29, 1.82) is 0 Å². The second-order valence-electron chi connectivity index (χ2n) is 6.76. The van der Waals surface area contributed by atoms with Crippen molar-refractivity contribution in [3.63, 3.8) is 0 Å². The number of hydrogen-bond donors (Lipinski definition) is 1. The van der Waals surface area contributed by atoms with Crippen LogP contribution in [0.4, 0.5) is 5.82 Å². The number of ether oxygens (including phenoxy) is 1. The number of benzene rings is 2. The highest BCUT2D eigenvalue weighted by Gasteiger charge is 2.16. The van der Waals surface area contributed by atoms with Gasteiger partial charge in [-0.15, -0.1) is 0 Å². The Morgan fingerprint density at radius 3 is 2.38 bits per heavy atom. The van der Waals surface area contributed by atoms with E-state index in [0.717, 1.165) is 41.3 Å². The van der Waals surface area contributed by atoms with Crippen molar-refractivity contribution in [3.8, 4) is 22.6 Å². The second-order valence-corrected chi connectivity index (χ2v) is 6.76. The molecule has 4 rings (SSSR count). The first kappa shape index (κ1) is 21.0. The molecule has 1 aromatic heterocycles. The first-order chi connectivity index (χ1) is 14.2. The highest BCUT2D eigenvalue weighted by Crippen LogP contribution is 2.27. The van der Waals surface area contributed by atoms with E-state index >= 15 is 0 Å². The summed E-state index contributed by atoms with van der Waals surface area (Å²) in [5.74, 6) is 1.58. The lowest BCUT2D eigenvalue weighted by atomic mass is 10.1. The van der Waals surface area contributed by atoms with Crippen molar-refractivity contribution >= 4 is 5.82 Å². The van der Waals surface area contributed by atoms with E-state index in [-0.39, 0.29) is 6.61 Å².